The molecule has 13 heavy (non-hydrogen) atoms. The van der Waals surface area contributed by atoms with Gasteiger partial charge in [-0.05, 0) is 49.6 Å². The number of thioether (sulfide) groups is 2. The topological polar surface area (TPSA) is 3.24 Å². The van der Waals surface area contributed by atoms with Gasteiger partial charge in [-0.2, -0.15) is 0 Å². The van der Waals surface area contributed by atoms with Crippen molar-refractivity contribution in [2.45, 2.75) is 37.8 Å². The molecule has 3 heteroatoms. The van der Waals surface area contributed by atoms with Crippen LogP contribution < -0.4 is 0 Å². The summed E-state index contributed by atoms with van der Waals surface area (Å²) in [7, 11) is 0. The van der Waals surface area contributed by atoms with Gasteiger partial charge in [0, 0.05) is 0 Å². The van der Waals surface area contributed by atoms with Gasteiger partial charge < -0.3 is 0 Å². The highest BCUT2D eigenvalue weighted by molar-refractivity contribution is 8.23. The van der Waals surface area contributed by atoms with Gasteiger partial charge in [0.2, 0.25) is 0 Å². The van der Waals surface area contributed by atoms with E-state index in [2.05, 4.69) is 18.7 Å². The van der Waals surface area contributed by atoms with Gasteiger partial charge in [0.1, 0.15) is 4.71 Å². The lowest BCUT2D eigenvalue weighted by atomic mass is 10.1. The molecule has 0 saturated carbocycles. The first-order valence-corrected chi connectivity index (χ1v) is 6.78. The molecule has 2 aliphatic rings. The van der Waals surface area contributed by atoms with E-state index in [0.29, 0.717) is 4.71 Å². The maximum absolute atomic E-state index is 2.64. The second-order valence-electron chi connectivity index (χ2n) is 3.75. The number of nitrogens with zero attached hydrogens (tertiary/aromatic N) is 1. The Morgan fingerprint density at radius 2 is 1.54 bits per heavy atom. The van der Waals surface area contributed by atoms with Gasteiger partial charge in [0.15, 0.2) is 0 Å². The summed E-state index contributed by atoms with van der Waals surface area (Å²) in [5.74, 6) is 0. The maximum Gasteiger partial charge on any atom is 0.111 e. The Morgan fingerprint density at radius 3 is 2.08 bits per heavy atom. The summed E-state index contributed by atoms with van der Waals surface area (Å²) < 4.78 is 0.695. The van der Waals surface area contributed by atoms with E-state index in [0.717, 1.165) is 0 Å². The van der Waals surface area contributed by atoms with Crippen LogP contribution in [0.5, 0.6) is 0 Å². The molecule has 0 amide bonds. The fraction of sp³-hybridized carbons (Fsp3) is 0.800. The van der Waals surface area contributed by atoms with Crippen molar-refractivity contribution >= 4 is 23.5 Å². The van der Waals surface area contributed by atoms with E-state index in [1.54, 1.807) is 0 Å². The summed E-state index contributed by atoms with van der Waals surface area (Å²) in [6.45, 7) is 7.12. The molecule has 0 unspecified atom stereocenters. The molecule has 2 heterocycles. The summed E-state index contributed by atoms with van der Waals surface area (Å²) >= 11 is 4.10. The van der Waals surface area contributed by atoms with E-state index in [1.807, 2.05) is 23.5 Å². The zero-order chi connectivity index (χ0) is 9.26. The largest absolute Gasteiger partial charge is 0.283 e. The summed E-state index contributed by atoms with van der Waals surface area (Å²) in [4.78, 5) is 5.69. The number of likely N-dealkylation sites (tertiary alicyclic amines) is 1. The highest BCUT2D eigenvalue weighted by Crippen LogP contribution is 2.47. The van der Waals surface area contributed by atoms with Crippen molar-refractivity contribution in [1.29, 1.82) is 0 Å². The molecule has 0 radical (unpaired) electrons. The van der Waals surface area contributed by atoms with Crippen LogP contribution in [-0.2, 0) is 0 Å². The lowest BCUT2D eigenvalue weighted by Crippen LogP contribution is -2.34. The van der Waals surface area contributed by atoms with Crippen molar-refractivity contribution in [2.24, 2.45) is 0 Å². The number of allylic oxidation sites excluding steroid dienone is 2. The van der Waals surface area contributed by atoms with E-state index < -0.39 is 0 Å². The number of hydrogen-bond acceptors (Lipinski definition) is 3. The predicted molar refractivity (Wildman–Crippen MR) is 62.8 cm³/mol. The van der Waals surface area contributed by atoms with E-state index >= 15 is 0 Å². The van der Waals surface area contributed by atoms with Gasteiger partial charge in [-0.15, -0.1) is 0 Å². The second kappa shape index (κ2) is 4.28. The van der Waals surface area contributed by atoms with Crippen molar-refractivity contribution in [1.82, 2.24) is 4.90 Å². The molecule has 0 spiro atoms. The zero-order valence-electron chi connectivity index (χ0n) is 8.38. The molecule has 74 valence electrons. The van der Waals surface area contributed by atoms with Crippen LogP contribution in [-0.4, -0.2) is 22.7 Å². The van der Waals surface area contributed by atoms with Crippen LogP contribution in [0, 0.1) is 0 Å². The van der Waals surface area contributed by atoms with Crippen molar-refractivity contribution in [2.75, 3.05) is 13.1 Å². The van der Waals surface area contributed by atoms with Gasteiger partial charge in [-0.25, -0.2) is 0 Å². The molecule has 2 rings (SSSR count). The standard InChI is InChI=1S/C10H17NS2/c1-8-9(2)13-10(12-8)11-6-4-3-5-7-11/h10H,3-7H2,1-2H3. The lowest BCUT2D eigenvalue weighted by molar-refractivity contribution is 0.253. The molecule has 1 fully saturated rings. The van der Waals surface area contributed by atoms with Gasteiger partial charge in [0.25, 0.3) is 0 Å². The van der Waals surface area contributed by atoms with Gasteiger partial charge in [0.05, 0.1) is 0 Å². The minimum absolute atomic E-state index is 0.695. The van der Waals surface area contributed by atoms with Gasteiger partial charge in [-0.3, -0.25) is 4.90 Å². The molecule has 0 atom stereocenters. The van der Waals surface area contributed by atoms with Crippen molar-refractivity contribution in [3.63, 3.8) is 0 Å². The zero-order valence-corrected chi connectivity index (χ0v) is 10.0. The van der Waals surface area contributed by atoms with E-state index in [9.17, 15) is 0 Å². The Kier molecular flexibility index (Phi) is 3.27. The Balaban J connectivity index is 1.90. The Labute approximate surface area is 89.3 Å². The average molecular weight is 215 g/mol. The molecule has 1 nitrogen and oxygen atoms in total. The molecule has 0 bridgehead atoms. The first-order valence-electron chi connectivity index (χ1n) is 5.02. The van der Waals surface area contributed by atoms with Crippen LogP contribution in [0.1, 0.15) is 33.1 Å². The lowest BCUT2D eigenvalue weighted by Gasteiger charge is -2.31. The van der Waals surface area contributed by atoms with Crippen LogP contribution in [0.3, 0.4) is 0 Å². The van der Waals surface area contributed by atoms with Crippen LogP contribution in [0.15, 0.2) is 9.81 Å². The first kappa shape index (κ1) is 9.94. The molecule has 0 aromatic heterocycles. The number of piperidine rings is 1. The highest BCUT2D eigenvalue weighted by Gasteiger charge is 2.27. The molecule has 0 aromatic carbocycles. The Bertz CT molecular complexity index is 205. The second-order valence-corrected chi connectivity index (χ2v) is 6.64. The van der Waals surface area contributed by atoms with E-state index in [-0.39, 0.29) is 0 Å². The highest BCUT2D eigenvalue weighted by atomic mass is 32.2. The van der Waals surface area contributed by atoms with Crippen molar-refractivity contribution in [3.05, 3.63) is 9.81 Å². The quantitative estimate of drug-likeness (QED) is 0.659. The van der Waals surface area contributed by atoms with Crippen molar-refractivity contribution in [3.8, 4) is 0 Å². The Morgan fingerprint density at radius 1 is 1.00 bits per heavy atom. The van der Waals surface area contributed by atoms with E-state index in [4.69, 9.17) is 0 Å². The summed E-state index contributed by atoms with van der Waals surface area (Å²) in [5.41, 5.74) is 0. The van der Waals surface area contributed by atoms with Gasteiger partial charge in [-0.1, -0.05) is 29.9 Å². The predicted octanol–water partition coefficient (Wildman–Crippen LogP) is 3.49. The summed E-state index contributed by atoms with van der Waals surface area (Å²) in [6, 6.07) is 0. The first-order chi connectivity index (χ1) is 6.27. The molecule has 0 aromatic rings. The van der Waals surface area contributed by atoms with E-state index in [1.165, 1.54) is 42.2 Å². The smallest absolute Gasteiger partial charge is 0.111 e. The Hall–Kier alpha value is 0.400. The third kappa shape index (κ3) is 2.25. The molecule has 0 N–H and O–H groups in total. The van der Waals surface area contributed by atoms with Crippen LogP contribution in [0.25, 0.3) is 0 Å². The number of hydrogen-bond donors (Lipinski definition) is 0. The van der Waals surface area contributed by atoms with Gasteiger partial charge >= 0.3 is 0 Å². The average Bonchev–Trinajstić information content (AvgIpc) is 2.49. The normalized spacial score (nSPS) is 27.2. The number of rotatable bonds is 1. The molecule has 2 aliphatic heterocycles. The summed E-state index contributed by atoms with van der Waals surface area (Å²) in [5, 5.41) is 0. The van der Waals surface area contributed by atoms with Crippen LogP contribution in [0.4, 0.5) is 0 Å². The maximum atomic E-state index is 2.64. The third-order valence-corrected chi connectivity index (χ3v) is 5.77. The van der Waals surface area contributed by atoms with Crippen LogP contribution in [0.2, 0.25) is 0 Å². The third-order valence-electron chi connectivity index (χ3n) is 2.74. The minimum Gasteiger partial charge on any atom is -0.283 e. The monoisotopic (exact) mass is 215 g/mol. The fourth-order valence-electron chi connectivity index (χ4n) is 1.77. The molecular weight excluding hydrogens is 198 g/mol. The minimum atomic E-state index is 0.695. The van der Waals surface area contributed by atoms with Crippen LogP contribution >= 0.6 is 23.5 Å². The fourth-order valence-corrected chi connectivity index (χ4v) is 4.77. The molecular formula is C10H17NS2. The SMILES string of the molecule is CC1=C(C)SC(N2CCCCC2)S1. The molecule has 1 saturated heterocycles. The molecule has 0 aliphatic carbocycles. The van der Waals surface area contributed by atoms with Crippen molar-refractivity contribution < 1.29 is 0 Å². The summed E-state index contributed by atoms with van der Waals surface area (Å²) in [6.07, 6.45) is 4.23.